The summed E-state index contributed by atoms with van der Waals surface area (Å²) in [4.78, 5) is 35.8. The van der Waals surface area contributed by atoms with Gasteiger partial charge in [0.05, 0.1) is 17.9 Å². The molecule has 0 bridgehead atoms. The molecule has 13 heteroatoms. The predicted octanol–water partition coefficient (Wildman–Crippen LogP) is 9.34. The van der Waals surface area contributed by atoms with Crippen LogP contribution >= 0.6 is 0 Å². The molecule has 0 aromatic heterocycles. The Kier molecular flexibility index (Phi) is 32.1. The van der Waals surface area contributed by atoms with Crippen molar-refractivity contribution in [3.05, 3.63) is 256 Å². The second-order valence-electron chi connectivity index (χ2n) is 28.9. The molecule has 0 unspecified atom stereocenters. The molecule has 9 aromatic rings. The summed E-state index contributed by atoms with van der Waals surface area (Å²) in [6, 6.07) is 27.1. The molecule has 0 heterocycles. The van der Waals surface area contributed by atoms with Crippen molar-refractivity contribution >= 4 is 87.2 Å². The summed E-state index contributed by atoms with van der Waals surface area (Å²) in [6.07, 6.45) is 0. The van der Waals surface area contributed by atoms with E-state index in [1.54, 1.807) is 0 Å². The summed E-state index contributed by atoms with van der Waals surface area (Å²) in [5, 5.41) is 49.8. The molecule has 0 saturated heterocycles. The first-order valence-electron chi connectivity index (χ1n) is 34.9. The van der Waals surface area contributed by atoms with E-state index in [9.17, 15) is 29.7 Å². The number of carbonyl (C=O) groups excluding carboxylic acids is 3. The van der Waals surface area contributed by atoms with Gasteiger partial charge in [-0.1, -0.05) is 255 Å². The van der Waals surface area contributed by atoms with E-state index in [1.807, 2.05) is 41.5 Å². The zero-order chi connectivity index (χ0) is 76.2. The molecule has 9 nitrogen and oxygen atoms in total. The molecule has 0 atom stereocenters. The van der Waals surface area contributed by atoms with Crippen LogP contribution in [0.2, 0.25) is 0 Å². The summed E-state index contributed by atoms with van der Waals surface area (Å²) in [6.45, 7) is 63.1. The van der Waals surface area contributed by atoms with Gasteiger partial charge in [0.1, 0.15) is 0 Å². The number of aryl methyl sites for hydroxylation is 18. The first-order valence-corrected chi connectivity index (χ1v) is 34.9. The predicted molar refractivity (Wildman–Crippen MR) is 427 cm³/mol. The monoisotopic (exact) mass is 1510 g/mol. The van der Waals surface area contributed by atoms with E-state index >= 15 is 0 Å². The van der Waals surface area contributed by atoms with Crippen molar-refractivity contribution in [1.29, 1.82) is 0 Å². The molecule has 0 aliphatic carbocycles. The van der Waals surface area contributed by atoms with Crippen LogP contribution in [0.1, 0.15) is 198 Å². The Morgan fingerprint density at radius 1 is 0.216 bits per heavy atom. The summed E-state index contributed by atoms with van der Waals surface area (Å²) >= 11 is 0. The normalized spacial score (nSPS) is 10.5. The van der Waals surface area contributed by atoms with E-state index in [0.717, 1.165) is 81.0 Å². The molecule has 0 fully saturated rings. The molecule has 9 aromatic carbocycles. The number of rotatable bonds is 12. The van der Waals surface area contributed by atoms with Crippen LogP contribution in [0.15, 0.2) is 72.8 Å². The summed E-state index contributed by atoms with van der Waals surface area (Å²) < 4.78 is 0. The van der Waals surface area contributed by atoms with Crippen molar-refractivity contribution < 1.29 is 94.8 Å². The second-order valence-corrected chi connectivity index (χ2v) is 28.9. The topological polar surface area (TPSA) is 192 Å². The van der Waals surface area contributed by atoms with Crippen LogP contribution in [0.5, 0.6) is 0 Å². The number of carboxylic acid groups (broad SMARTS) is 3. The van der Waals surface area contributed by atoms with E-state index in [-0.39, 0.29) is 75.0 Å². The van der Waals surface area contributed by atoms with Crippen LogP contribution in [0.3, 0.4) is 0 Å². The van der Waals surface area contributed by atoms with Crippen LogP contribution < -0.4 is 64.5 Å². The minimum absolute atomic E-state index is 0. The Bertz CT molecular complexity index is 3840. The Labute approximate surface area is 654 Å². The van der Waals surface area contributed by atoms with Gasteiger partial charge in [0.25, 0.3) is 0 Å². The average molecular weight is 1510 g/mol. The van der Waals surface area contributed by atoms with Crippen molar-refractivity contribution in [3.8, 4) is 0 Å². The van der Waals surface area contributed by atoms with Gasteiger partial charge in [-0.3, -0.25) is 0 Å². The average Bonchev–Trinajstić information content (AvgIpc) is 0.753. The SMILES string of the molecule is CO.CO.Cc1cc(C)c(B(c2c(C)cc(C)cc2C)c2c(C)c(C)c(C(=O)[O-])c(C)c2C)c(C)c1.Cc1cc(C)c(B(c2c(C)cc(C)cc2C)c2c(C)c(C)c(C(=O)[O-])c(C)c2C)c(C)c1.Cc1cc(C)c(B(c2c(C)cc(C)cc2C)c2c(C)c(C)c(C(=O)[O-])c(C)c2C)c(C)c1.O.[Eu+3]. The molecule has 4 N–H and O–H groups in total. The first-order chi connectivity index (χ1) is 46.6. The number of aliphatic hydroxyl groups is 2. The van der Waals surface area contributed by atoms with E-state index in [2.05, 4.69) is 239 Å². The Balaban J connectivity index is 0.000000384. The fraction of sp³-hybridized carbons (Fsp3) is 0.360. The van der Waals surface area contributed by atoms with Gasteiger partial charge in [-0.05, 0) is 241 Å². The molecule has 102 heavy (non-hydrogen) atoms. The third kappa shape index (κ3) is 18.0. The van der Waals surface area contributed by atoms with Crippen molar-refractivity contribution in [1.82, 2.24) is 0 Å². The van der Waals surface area contributed by atoms with Crippen LogP contribution in [0, 0.1) is 257 Å². The summed E-state index contributed by atoms with van der Waals surface area (Å²) in [5.41, 5.74) is 46.4. The van der Waals surface area contributed by atoms with Crippen molar-refractivity contribution in [2.45, 2.75) is 208 Å². The van der Waals surface area contributed by atoms with Gasteiger partial charge in [0.15, 0.2) is 0 Å². The van der Waals surface area contributed by atoms with E-state index in [0.29, 0.717) is 16.7 Å². The number of carbonyl (C=O) groups is 3. The number of hydrogen-bond donors (Lipinski definition) is 2. The van der Waals surface area contributed by atoms with Crippen LogP contribution in [-0.4, -0.2) is 68.0 Å². The fourth-order valence-corrected chi connectivity index (χ4v) is 17.4. The number of carboxylic acids is 3. The van der Waals surface area contributed by atoms with Crippen LogP contribution in [-0.2, 0) is 0 Å². The van der Waals surface area contributed by atoms with Gasteiger partial charge >= 0.3 is 49.4 Å². The van der Waals surface area contributed by atoms with Gasteiger partial charge in [0.2, 0.25) is 20.1 Å². The van der Waals surface area contributed by atoms with Crippen molar-refractivity contribution in [2.75, 3.05) is 14.2 Å². The molecule has 0 radical (unpaired) electrons. The van der Waals surface area contributed by atoms with E-state index in [4.69, 9.17) is 10.2 Å². The first kappa shape index (κ1) is 89.3. The second kappa shape index (κ2) is 36.7. The molecule has 9 rings (SSSR count). The zero-order valence-electron chi connectivity index (χ0n) is 67.4. The van der Waals surface area contributed by atoms with Gasteiger partial charge in [-0.25, -0.2) is 0 Å². The number of hydrogen-bond acceptors (Lipinski definition) is 8. The smallest absolute Gasteiger partial charge is 0.545 e. The third-order valence-electron chi connectivity index (χ3n) is 21.7. The van der Waals surface area contributed by atoms with Gasteiger partial charge in [-0.2, -0.15) is 0 Å². The summed E-state index contributed by atoms with van der Waals surface area (Å²) in [7, 11) is 2.00. The van der Waals surface area contributed by atoms with Crippen molar-refractivity contribution in [2.24, 2.45) is 0 Å². The molecule has 0 amide bonds. The quantitative estimate of drug-likeness (QED) is 0.113. The summed E-state index contributed by atoms with van der Waals surface area (Å²) in [5.74, 6) is -3.29. The van der Waals surface area contributed by atoms with Crippen LogP contribution in [0.25, 0.3) is 0 Å². The number of aliphatic hydroxyl groups excluding tert-OH is 2. The Hall–Kier alpha value is -6.95. The minimum atomic E-state index is -1.10. The number of aromatic carboxylic acids is 3. The number of benzene rings is 9. The maximum atomic E-state index is 11.9. The molecule has 0 spiro atoms. The molecule has 0 saturated carbocycles. The van der Waals surface area contributed by atoms with Gasteiger partial charge in [-0.15, -0.1) is 0 Å². The molecule has 0 aliphatic heterocycles. The molecule has 0 aliphatic rings. The molecular weight excluding hydrogens is 1400 g/mol. The minimum Gasteiger partial charge on any atom is -0.545 e. The Morgan fingerprint density at radius 2 is 0.314 bits per heavy atom. The van der Waals surface area contributed by atoms with Gasteiger partial charge < -0.3 is 45.4 Å². The van der Waals surface area contributed by atoms with E-state index < -0.39 is 17.9 Å². The molecular formula is C89H112B3EuO9. The maximum absolute atomic E-state index is 11.9. The third-order valence-corrected chi connectivity index (χ3v) is 21.7. The van der Waals surface area contributed by atoms with Crippen LogP contribution in [0.4, 0.5) is 0 Å². The standard InChI is InChI=1S/3C29H35BO2.2CH4O.Eu.H2O/c3*1-15-11-17(3)26(18(4)12-15)30(27-19(5)13-16(2)14-20(27)6)28-23(9)21(7)25(29(31)32)22(8)24(28)10;2*1-2;;/h3*11-14H,1-10H3,(H,31,32);2*2H,1H3;;1H2/q;;;;;+3;/p-3. The fourth-order valence-electron chi connectivity index (χ4n) is 17.4. The van der Waals surface area contributed by atoms with E-state index in [1.165, 1.54) is 149 Å². The van der Waals surface area contributed by atoms with Gasteiger partial charge in [0, 0.05) is 30.9 Å². The molecule has 538 valence electrons. The van der Waals surface area contributed by atoms with Crippen molar-refractivity contribution in [3.63, 3.8) is 0 Å². The maximum Gasteiger partial charge on any atom is 3.00 e. The zero-order valence-corrected chi connectivity index (χ0v) is 69.8. The largest absolute Gasteiger partial charge is 3.00 e. The Morgan fingerprint density at radius 3 is 0.402 bits per heavy atom.